The Labute approximate surface area is 73.6 Å². The highest BCUT2D eigenvalue weighted by Gasteiger charge is 1.94. The van der Waals surface area contributed by atoms with Crippen molar-refractivity contribution in [3.63, 3.8) is 0 Å². The van der Waals surface area contributed by atoms with E-state index in [4.69, 9.17) is 4.42 Å². The maximum atomic E-state index is 5.00. The first-order chi connectivity index (χ1) is 5.29. The molecule has 11 heavy (non-hydrogen) atoms. The van der Waals surface area contributed by atoms with E-state index in [0.717, 1.165) is 16.8 Å². The summed E-state index contributed by atoms with van der Waals surface area (Å²) in [7, 11) is 0. The first-order valence-corrected chi connectivity index (χ1v) is 3.99. The summed E-state index contributed by atoms with van der Waals surface area (Å²) in [5.74, 6) is 0.832. The van der Waals surface area contributed by atoms with E-state index in [1.807, 2.05) is 0 Å². The Kier molecular flexibility index (Phi) is 3.32. The highest BCUT2D eigenvalue weighted by Crippen LogP contribution is 1.99. The summed E-state index contributed by atoms with van der Waals surface area (Å²) in [6.45, 7) is 5.10. The number of nitrogens with zero attached hydrogens (tertiary/aromatic N) is 1. The second kappa shape index (κ2) is 4.31. The lowest BCUT2D eigenvalue weighted by atomic mass is 10.5. The molecule has 0 atom stereocenters. The van der Waals surface area contributed by atoms with Crippen molar-refractivity contribution >= 4 is 15.9 Å². The molecule has 1 aromatic heterocycles. The summed E-state index contributed by atoms with van der Waals surface area (Å²) < 4.78 is 5.92. The number of nitrogens with one attached hydrogen (secondary N) is 1. The molecule has 0 aliphatic heterocycles. The van der Waals surface area contributed by atoms with E-state index in [1.54, 1.807) is 6.20 Å². The Morgan fingerprint density at radius 2 is 2.64 bits per heavy atom. The summed E-state index contributed by atoms with van der Waals surface area (Å²) >= 11 is 3.24. The Morgan fingerprint density at radius 1 is 1.82 bits per heavy atom. The lowest BCUT2D eigenvalue weighted by molar-refractivity contribution is 0.486. The van der Waals surface area contributed by atoms with Crippen LogP contribution in [0.3, 0.4) is 0 Å². The predicted molar refractivity (Wildman–Crippen MR) is 46.3 cm³/mol. The molecule has 0 aromatic carbocycles. The van der Waals surface area contributed by atoms with Gasteiger partial charge in [-0.3, -0.25) is 0 Å². The van der Waals surface area contributed by atoms with Crippen LogP contribution in [-0.4, -0.2) is 11.5 Å². The van der Waals surface area contributed by atoms with Crippen molar-refractivity contribution in [1.82, 2.24) is 10.3 Å². The molecule has 0 saturated carbocycles. The highest BCUT2D eigenvalue weighted by molar-refractivity contribution is 9.11. The smallest absolute Gasteiger partial charge is 0.180 e. The lowest BCUT2D eigenvalue weighted by Gasteiger charge is -1.98. The molecule has 0 unspecified atom stereocenters. The first-order valence-electron chi connectivity index (χ1n) is 3.20. The van der Waals surface area contributed by atoms with Gasteiger partial charge in [0.05, 0.1) is 12.7 Å². The molecule has 60 valence electrons. The molecule has 0 aliphatic carbocycles. The van der Waals surface area contributed by atoms with Crippen LogP contribution >= 0.6 is 15.9 Å². The molecule has 1 N–H and O–H groups in total. The molecule has 3 nitrogen and oxygen atoms in total. The maximum Gasteiger partial charge on any atom is 0.180 e. The molecule has 4 heteroatoms. The largest absolute Gasteiger partial charge is 0.447 e. The van der Waals surface area contributed by atoms with E-state index in [2.05, 4.69) is 32.8 Å². The van der Waals surface area contributed by atoms with Gasteiger partial charge in [-0.25, -0.2) is 4.98 Å². The SMILES string of the molecule is C=C(Br)CNCc1cnco1. The van der Waals surface area contributed by atoms with E-state index in [0.29, 0.717) is 6.54 Å². The molecule has 0 bridgehead atoms. The molecular weight excluding hydrogens is 208 g/mol. The molecule has 1 aromatic rings. The van der Waals surface area contributed by atoms with Crippen LogP contribution < -0.4 is 5.32 Å². The van der Waals surface area contributed by atoms with Crippen molar-refractivity contribution < 1.29 is 4.42 Å². The minimum absolute atomic E-state index is 0.685. The average Bonchev–Trinajstić information content (AvgIpc) is 2.39. The number of oxazole rings is 1. The van der Waals surface area contributed by atoms with Crippen molar-refractivity contribution in [3.05, 3.63) is 29.4 Å². The monoisotopic (exact) mass is 216 g/mol. The Balaban J connectivity index is 2.19. The fourth-order valence-corrected chi connectivity index (χ4v) is 0.849. The molecule has 0 amide bonds. The van der Waals surface area contributed by atoms with Crippen LogP contribution in [0.4, 0.5) is 0 Å². The number of aromatic nitrogens is 1. The second-order valence-electron chi connectivity index (χ2n) is 2.09. The zero-order valence-corrected chi connectivity index (χ0v) is 7.60. The van der Waals surface area contributed by atoms with Gasteiger partial charge in [0.2, 0.25) is 0 Å². The van der Waals surface area contributed by atoms with Gasteiger partial charge in [-0.15, -0.1) is 0 Å². The molecule has 0 fully saturated rings. The van der Waals surface area contributed by atoms with Gasteiger partial charge in [-0.1, -0.05) is 22.5 Å². The van der Waals surface area contributed by atoms with Crippen molar-refractivity contribution in [2.24, 2.45) is 0 Å². The van der Waals surface area contributed by atoms with Crippen LogP contribution in [0.1, 0.15) is 5.76 Å². The number of hydrogen-bond donors (Lipinski definition) is 1. The lowest BCUT2D eigenvalue weighted by Crippen LogP contribution is -2.13. The van der Waals surface area contributed by atoms with E-state index >= 15 is 0 Å². The van der Waals surface area contributed by atoms with Crippen molar-refractivity contribution in [2.75, 3.05) is 6.54 Å². The van der Waals surface area contributed by atoms with Crippen molar-refractivity contribution in [1.29, 1.82) is 0 Å². The van der Waals surface area contributed by atoms with Gasteiger partial charge in [0, 0.05) is 11.0 Å². The van der Waals surface area contributed by atoms with Gasteiger partial charge in [-0.05, 0) is 0 Å². The van der Waals surface area contributed by atoms with Crippen molar-refractivity contribution in [2.45, 2.75) is 6.54 Å². The van der Waals surface area contributed by atoms with E-state index in [-0.39, 0.29) is 0 Å². The number of halogens is 1. The van der Waals surface area contributed by atoms with Crippen LogP contribution in [0.25, 0.3) is 0 Å². The van der Waals surface area contributed by atoms with Gasteiger partial charge in [0.1, 0.15) is 5.76 Å². The third-order valence-electron chi connectivity index (χ3n) is 1.10. The first kappa shape index (κ1) is 8.49. The quantitative estimate of drug-likeness (QED) is 0.833. The van der Waals surface area contributed by atoms with Gasteiger partial charge < -0.3 is 9.73 Å². The zero-order chi connectivity index (χ0) is 8.10. The molecule has 1 heterocycles. The van der Waals surface area contributed by atoms with Crippen LogP contribution in [0, 0.1) is 0 Å². The third kappa shape index (κ3) is 3.34. The molecular formula is C7H9BrN2O. The van der Waals surface area contributed by atoms with Gasteiger partial charge in [0.15, 0.2) is 6.39 Å². The average molecular weight is 217 g/mol. The molecule has 0 saturated heterocycles. The molecule has 1 rings (SSSR count). The number of hydrogen-bond acceptors (Lipinski definition) is 3. The minimum Gasteiger partial charge on any atom is -0.447 e. The zero-order valence-electron chi connectivity index (χ0n) is 6.01. The maximum absolute atomic E-state index is 5.00. The van der Waals surface area contributed by atoms with E-state index in [9.17, 15) is 0 Å². The molecule has 0 radical (unpaired) electrons. The van der Waals surface area contributed by atoms with Gasteiger partial charge in [0.25, 0.3) is 0 Å². The van der Waals surface area contributed by atoms with Gasteiger partial charge in [-0.2, -0.15) is 0 Å². The summed E-state index contributed by atoms with van der Waals surface area (Å²) in [6.07, 6.45) is 3.10. The van der Waals surface area contributed by atoms with Crippen LogP contribution in [0.2, 0.25) is 0 Å². The Bertz CT molecular complexity index is 220. The van der Waals surface area contributed by atoms with Crippen LogP contribution in [-0.2, 0) is 6.54 Å². The summed E-state index contributed by atoms with van der Waals surface area (Å²) in [5, 5.41) is 3.11. The molecule has 0 aliphatic rings. The summed E-state index contributed by atoms with van der Waals surface area (Å²) in [6, 6.07) is 0. The Morgan fingerprint density at radius 3 is 3.18 bits per heavy atom. The Hall–Kier alpha value is -0.610. The van der Waals surface area contributed by atoms with E-state index in [1.165, 1.54) is 6.39 Å². The summed E-state index contributed by atoms with van der Waals surface area (Å²) in [4.78, 5) is 3.78. The highest BCUT2D eigenvalue weighted by atomic mass is 79.9. The van der Waals surface area contributed by atoms with Crippen molar-refractivity contribution in [3.8, 4) is 0 Å². The third-order valence-corrected chi connectivity index (χ3v) is 1.38. The summed E-state index contributed by atoms with van der Waals surface area (Å²) in [5.41, 5.74) is 0. The fraction of sp³-hybridized carbons (Fsp3) is 0.286. The fourth-order valence-electron chi connectivity index (χ4n) is 0.651. The van der Waals surface area contributed by atoms with E-state index < -0.39 is 0 Å². The standard InChI is InChI=1S/C7H9BrN2O/c1-6(8)2-9-3-7-4-10-5-11-7/h4-5,9H,1-3H2. The minimum atomic E-state index is 0.685. The normalized spacial score (nSPS) is 9.91. The topological polar surface area (TPSA) is 38.1 Å². The van der Waals surface area contributed by atoms with Crippen LogP contribution in [0.15, 0.2) is 28.1 Å². The van der Waals surface area contributed by atoms with Crippen LogP contribution in [0.5, 0.6) is 0 Å². The number of rotatable bonds is 4. The molecule has 0 spiro atoms. The predicted octanol–water partition coefficient (Wildman–Crippen LogP) is 1.67. The van der Waals surface area contributed by atoms with Gasteiger partial charge >= 0.3 is 0 Å². The second-order valence-corrected chi connectivity index (χ2v) is 3.21.